The molecule has 5 heteroatoms. The molecule has 0 aliphatic carbocycles. The van der Waals surface area contributed by atoms with Gasteiger partial charge < -0.3 is 4.57 Å². The van der Waals surface area contributed by atoms with Gasteiger partial charge in [-0.1, -0.05) is 188 Å². The van der Waals surface area contributed by atoms with Crippen LogP contribution in [-0.4, -0.2) is 19.5 Å². The van der Waals surface area contributed by atoms with Gasteiger partial charge >= 0.3 is 0 Å². The number of hydrogen-bond acceptors (Lipinski definition) is 4. The summed E-state index contributed by atoms with van der Waals surface area (Å²) in [5, 5.41) is 2.59. The van der Waals surface area contributed by atoms with E-state index in [1.807, 2.05) is 103 Å². The molecule has 3 aromatic heterocycles. The molecular formula is C57H36N4S. The molecule has 0 saturated carbocycles. The molecule has 12 aromatic rings. The summed E-state index contributed by atoms with van der Waals surface area (Å²) in [6.07, 6.45) is 0. The number of fused-ring (bicyclic) bond motifs is 6. The van der Waals surface area contributed by atoms with Gasteiger partial charge in [0, 0.05) is 58.8 Å². The molecule has 3 heterocycles. The molecule has 4 nitrogen and oxygen atoms in total. The van der Waals surface area contributed by atoms with Crippen molar-refractivity contribution in [1.29, 1.82) is 0 Å². The van der Waals surface area contributed by atoms with E-state index >= 15 is 0 Å². The van der Waals surface area contributed by atoms with Crippen LogP contribution in [0.4, 0.5) is 0 Å². The van der Waals surface area contributed by atoms with Crippen molar-refractivity contribution >= 4 is 53.3 Å². The lowest BCUT2D eigenvalue weighted by Crippen LogP contribution is -2.05. The highest BCUT2D eigenvalue weighted by Gasteiger charge is 2.24. The third-order valence-corrected chi connectivity index (χ3v) is 12.6. The minimum absolute atomic E-state index is 0.0559. The maximum absolute atomic E-state index is 9.68. The Labute approximate surface area is 371 Å². The summed E-state index contributed by atoms with van der Waals surface area (Å²) in [6.45, 7) is 0. The van der Waals surface area contributed by atoms with Crippen molar-refractivity contribution in [3.05, 3.63) is 218 Å². The summed E-state index contributed by atoms with van der Waals surface area (Å²) in [5.41, 5.74) is 9.83. The van der Waals surface area contributed by atoms with Crippen LogP contribution in [0, 0.1) is 0 Å². The van der Waals surface area contributed by atoms with Gasteiger partial charge in [-0.15, -0.1) is 11.3 Å². The fourth-order valence-electron chi connectivity index (χ4n) is 8.56. The highest BCUT2D eigenvalue weighted by Crippen LogP contribution is 2.46. The first kappa shape index (κ1) is 30.1. The zero-order chi connectivity index (χ0) is 46.2. The van der Waals surface area contributed by atoms with E-state index in [0.29, 0.717) is 49.3 Å². The molecule has 0 atom stereocenters. The van der Waals surface area contributed by atoms with E-state index in [2.05, 4.69) is 77.4 Å². The van der Waals surface area contributed by atoms with Gasteiger partial charge in [0.25, 0.3) is 0 Å². The van der Waals surface area contributed by atoms with Crippen LogP contribution in [0.25, 0.3) is 115 Å². The molecule has 9 aromatic carbocycles. The lowest BCUT2D eigenvalue weighted by atomic mass is 9.97. The average molecular weight is 815 g/mol. The molecule has 62 heavy (non-hydrogen) atoms. The Morgan fingerprint density at radius 2 is 0.919 bits per heavy atom. The van der Waals surface area contributed by atoms with Crippen molar-refractivity contribution in [3.63, 3.8) is 0 Å². The van der Waals surface area contributed by atoms with Crippen molar-refractivity contribution in [3.8, 4) is 73.2 Å². The van der Waals surface area contributed by atoms with E-state index in [1.54, 1.807) is 0 Å². The monoisotopic (exact) mass is 814 g/mol. The molecule has 12 rings (SSSR count). The summed E-state index contributed by atoms with van der Waals surface area (Å²) in [7, 11) is 0. The second kappa shape index (κ2) is 14.9. The van der Waals surface area contributed by atoms with E-state index in [4.69, 9.17) is 19.1 Å². The number of rotatable bonds is 7. The molecule has 0 amide bonds. The van der Waals surface area contributed by atoms with Crippen LogP contribution in [0.15, 0.2) is 218 Å². The number of benzene rings is 9. The predicted molar refractivity (Wildman–Crippen MR) is 260 cm³/mol. The highest BCUT2D eigenvalue weighted by atomic mass is 32.1. The van der Waals surface area contributed by atoms with Gasteiger partial charge in [-0.2, -0.15) is 0 Å². The average Bonchev–Trinajstić information content (AvgIpc) is 3.95. The standard InChI is InChI=1S/C57H36N4S/c1-3-16-37(17-4-1)39-32-34-40(35-33-39)55-58-56(42-21-13-20-41(36-42)38-18-5-2-6-19-38)60-57(59-55)49-28-14-25-46(48-27-15-26-47-45-24-9-12-31-52(45)62-54(47)48)53(49)61-50-29-10-7-22-43(50)44-23-8-11-30-51(44)61/h1-36H/i9D,15D,24D,26D,27D,31D. The van der Waals surface area contributed by atoms with Crippen molar-refractivity contribution in [2.45, 2.75) is 0 Å². The van der Waals surface area contributed by atoms with E-state index in [1.165, 1.54) is 17.4 Å². The fourth-order valence-corrected chi connectivity index (χ4v) is 9.65. The van der Waals surface area contributed by atoms with Gasteiger partial charge in [-0.3, -0.25) is 0 Å². The number of nitrogens with zero attached hydrogens (tertiary/aromatic N) is 4. The lowest BCUT2D eigenvalue weighted by Gasteiger charge is -2.19. The Morgan fingerprint density at radius 1 is 0.371 bits per heavy atom. The van der Waals surface area contributed by atoms with Crippen LogP contribution in [-0.2, 0) is 0 Å². The molecule has 0 aliphatic rings. The minimum Gasteiger partial charge on any atom is -0.308 e. The summed E-state index contributed by atoms with van der Waals surface area (Å²) < 4.78 is 57.7. The Bertz CT molecular complexity index is 3930. The summed E-state index contributed by atoms with van der Waals surface area (Å²) in [5.74, 6) is 1.31. The largest absolute Gasteiger partial charge is 0.308 e. The summed E-state index contributed by atoms with van der Waals surface area (Å²) in [4.78, 5) is 15.8. The summed E-state index contributed by atoms with van der Waals surface area (Å²) >= 11 is 1.22. The number of hydrogen-bond donors (Lipinski definition) is 0. The zero-order valence-corrected chi connectivity index (χ0v) is 33.8. The van der Waals surface area contributed by atoms with E-state index < -0.39 is 0 Å². The molecule has 290 valence electrons. The van der Waals surface area contributed by atoms with Gasteiger partial charge in [0.05, 0.1) is 24.9 Å². The number of aromatic nitrogens is 4. The second-order valence-corrected chi connectivity index (χ2v) is 16.1. The normalized spacial score (nSPS) is 12.9. The Balaban J connectivity index is 1.19. The first-order chi connectivity index (χ1) is 33.2. The van der Waals surface area contributed by atoms with Gasteiger partial charge in [-0.05, 0) is 52.6 Å². The number of para-hydroxylation sites is 3. The van der Waals surface area contributed by atoms with Crippen molar-refractivity contribution in [2.75, 3.05) is 0 Å². The molecule has 0 spiro atoms. The van der Waals surface area contributed by atoms with Crippen molar-refractivity contribution in [1.82, 2.24) is 19.5 Å². The van der Waals surface area contributed by atoms with Crippen LogP contribution in [0.3, 0.4) is 0 Å². The zero-order valence-electron chi connectivity index (χ0n) is 39.0. The Kier molecular flexibility index (Phi) is 7.25. The van der Waals surface area contributed by atoms with E-state index in [-0.39, 0.29) is 47.0 Å². The minimum atomic E-state index is -0.311. The maximum Gasteiger partial charge on any atom is 0.166 e. The fraction of sp³-hybridized carbons (Fsp3) is 0. The van der Waals surface area contributed by atoms with Crippen LogP contribution in [0.2, 0.25) is 0 Å². The van der Waals surface area contributed by atoms with Gasteiger partial charge in [-0.25, -0.2) is 15.0 Å². The van der Waals surface area contributed by atoms with Crippen LogP contribution < -0.4 is 0 Å². The third kappa shape index (κ3) is 6.09. The SMILES string of the molecule is [2H]c1cc([2H])c2sc3c(-c4cccc(-c5nc(-c6ccc(-c7ccccc7)cc6)nc(-c6cccc(-c7ccccc7)c6)n5)c4-n4c5ccccc5c5ccccc54)c([2H])c([2H])c([2H])c3c2c1[2H]. The number of thiophene rings is 1. The van der Waals surface area contributed by atoms with Crippen molar-refractivity contribution in [2.24, 2.45) is 0 Å². The Morgan fingerprint density at radius 3 is 1.66 bits per heavy atom. The van der Waals surface area contributed by atoms with Crippen LogP contribution >= 0.6 is 11.3 Å². The van der Waals surface area contributed by atoms with Gasteiger partial charge in [0.1, 0.15) is 0 Å². The highest BCUT2D eigenvalue weighted by molar-refractivity contribution is 7.26. The van der Waals surface area contributed by atoms with E-state index in [9.17, 15) is 4.11 Å². The maximum atomic E-state index is 9.68. The van der Waals surface area contributed by atoms with Crippen LogP contribution in [0.5, 0.6) is 0 Å². The van der Waals surface area contributed by atoms with Crippen molar-refractivity contribution < 1.29 is 8.22 Å². The molecule has 0 saturated heterocycles. The molecular weight excluding hydrogens is 773 g/mol. The topological polar surface area (TPSA) is 43.6 Å². The first-order valence-electron chi connectivity index (χ1n) is 23.4. The molecule has 0 unspecified atom stereocenters. The Hall–Kier alpha value is -7.99. The van der Waals surface area contributed by atoms with Crippen LogP contribution in [0.1, 0.15) is 8.22 Å². The molecule has 0 radical (unpaired) electrons. The second-order valence-electron chi connectivity index (χ2n) is 15.1. The lowest BCUT2D eigenvalue weighted by molar-refractivity contribution is 1.06. The first-order valence-corrected chi connectivity index (χ1v) is 21.2. The van der Waals surface area contributed by atoms with E-state index in [0.717, 1.165) is 55.2 Å². The molecule has 0 aliphatic heterocycles. The van der Waals surface area contributed by atoms with Gasteiger partial charge in [0.2, 0.25) is 0 Å². The summed E-state index contributed by atoms with van der Waals surface area (Å²) in [6, 6.07) is 59.4. The third-order valence-electron chi connectivity index (χ3n) is 11.4. The predicted octanol–water partition coefficient (Wildman–Crippen LogP) is 15.3. The smallest absolute Gasteiger partial charge is 0.166 e. The molecule has 0 fully saturated rings. The molecule has 0 N–H and O–H groups in total. The molecule has 0 bridgehead atoms. The quantitative estimate of drug-likeness (QED) is 0.161. The van der Waals surface area contributed by atoms with Gasteiger partial charge in [0.15, 0.2) is 17.5 Å².